The van der Waals surface area contributed by atoms with Crippen molar-refractivity contribution in [1.29, 1.82) is 0 Å². The molecule has 0 spiro atoms. The standard InChI is InChI=1S/C12H14BClO4/c1-10(2)17-8-7(11(15)3-4-11)16-9(13)12(8,18-10)5-6-14/h7-9,15H,3-4H2,1-2H3/t7-,8?,9+,12+/m0/s1. The average Bonchev–Trinajstić information content (AvgIpc) is 2.87. The van der Waals surface area contributed by atoms with Crippen LogP contribution in [0.3, 0.4) is 0 Å². The maximum Gasteiger partial charge on any atom is 0.179 e. The highest BCUT2D eigenvalue weighted by Gasteiger charge is 2.69. The topological polar surface area (TPSA) is 47.9 Å². The zero-order chi connectivity index (χ0) is 13.2. The van der Waals surface area contributed by atoms with Gasteiger partial charge in [-0.25, -0.2) is 0 Å². The Morgan fingerprint density at radius 1 is 1.33 bits per heavy atom. The summed E-state index contributed by atoms with van der Waals surface area (Å²) in [7, 11) is 5.98. The summed E-state index contributed by atoms with van der Waals surface area (Å²) >= 11 is 5.51. The van der Waals surface area contributed by atoms with Gasteiger partial charge in [0, 0.05) is 5.38 Å². The SMILES string of the molecule is [B][C@@H]1O[C@H](C2(O)CC2)C2OC(C)(C)O[C@]21C#CCl. The lowest BCUT2D eigenvalue weighted by Crippen LogP contribution is -2.47. The van der Waals surface area contributed by atoms with Gasteiger partial charge < -0.3 is 19.3 Å². The second-order valence-corrected chi connectivity index (χ2v) is 5.82. The minimum Gasteiger partial charge on any atom is -0.387 e. The Labute approximate surface area is 112 Å². The van der Waals surface area contributed by atoms with Crippen LogP contribution in [0.25, 0.3) is 0 Å². The van der Waals surface area contributed by atoms with Crippen LogP contribution in [0.15, 0.2) is 0 Å². The molecule has 0 bridgehead atoms. The van der Waals surface area contributed by atoms with Gasteiger partial charge >= 0.3 is 0 Å². The highest BCUT2D eigenvalue weighted by Crippen LogP contribution is 2.53. The molecular weight excluding hydrogens is 254 g/mol. The van der Waals surface area contributed by atoms with Crippen LogP contribution in [-0.2, 0) is 14.2 Å². The molecule has 4 atom stereocenters. The molecule has 1 N–H and O–H groups in total. The maximum absolute atomic E-state index is 10.2. The van der Waals surface area contributed by atoms with Crippen molar-refractivity contribution >= 4 is 19.4 Å². The minimum absolute atomic E-state index is 0.521. The third kappa shape index (κ3) is 1.64. The molecule has 0 aromatic heterocycles. The number of aliphatic hydroxyl groups is 1. The van der Waals surface area contributed by atoms with Crippen LogP contribution in [-0.4, -0.2) is 48.2 Å². The van der Waals surface area contributed by atoms with Gasteiger partial charge in [-0.2, -0.15) is 0 Å². The molecule has 1 saturated carbocycles. The molecular formula is C12H14BClO4. The summed E-state index contributed by atoms with van der Waals surface area (Å²) in [5, 5.41) is 12.6. The van der Waals surface area contributed by atoms with Gasteiger partial charge in [0.25, 0.3) is 0 Å². The summed E-state index contributed by atoms with van der Waals surface area (Å²) in [4.78, 5) is 0. The van der Waals surface area contributed by atoms with Crippen molar-refractivity contribution in [3.05, 3.63) is 0 Å². The van der Waals surface area contributed by atoms with Gasteiger partial charge in [0.15, 0.2) is 11.4 Å². The van der Waals surface area contributed by atoms with E-state index in [1.165, 1.54) is 0 Å². The Morgan fingerprint density at radius 3 is 2.56 bits per heavy atom. The fourth-order valence-corrected chi connectivity index (χ4v) is 2.93. The van der Waals surface area contributed by atoms with Crippen LogP contribution in [0.4, 0.5) is 0 Å². The van der Waals surface area contributed by atoms with Gasteiger partial charge in [0.1, 0.15) is 20.1 Å². The second kappa shape index (κ2) is 3.65. The first kappa shape index (κ1) is 12.8. The third-order valence-corrected chi connectivity index (χ3v) is 3.87. The molecule has 1 aliphatic carbocycles. The number of rotatable bonds is 1. The normalized spacial score (nSPS) is 47.2. The third-order valence-electron chi connectivity index (χ3n) is 3.77. The fourth-order valence-electron chi connectivity index (χ4n) is 2.78. The first-order chi connectivity index (χ1) is 8.33. The van der Waals surface area contributed by atoms with E-state index in [1.807, 2.05) is 0 Å². The van der Waals surface area contributed by atoms with E-state index in [0.717, 1.165) is 0 Å². The quantitative estimate of drug-likeness (QED) is 0.556. The molecule has 4 nitrogen and oxygen atoms in total. The molecule has 1 unspecified atom stereocenters. The molecule has 2 heterocycles. The number of halogens is 1. The molecule has 18 heavy (non-hydrogen) atoms. The maximum atomic E-state index is 10.2. The van der Waals surface area contributed by atoms with Gasteiger partial charge in [-0.15, -0.1) is 0 Å². The van der Waals surface area contributed by atoms with Crippen molar-refractivity contribution in [3.8, 4) is 11.3 Å². The van der Waals surface area contributed by atoms with E-state index >= 15 is 0 Å². The Bertz CT molecular complexity index is 439. The molecule has 0 aromatic rings. The van der Waals surface area contributed by atoms with E-state index in [4.69, 9.17) is 33.7 Å². The van der Waals surface area contributed by atoms with Crippen molar-refractivity contribution in [2.45, 2.75) is 61.9 Å². The van der Waals surface area contributed by atoms with Crippen LogP contribution in [0.2, 0.25) is 0 Å². The molecule has 3 fully saturated rings. The summed E-state index contributed by atoms with van der Waals surface area (Å²) in [6.45, 7) is 3.56. The predicted molar refractivity (Wildman–Crippen MR) is 65.0 cm³/mol. The molecule has 2 saturated heterocycles. The number of hydrogen-bond donors (Lipinski definition) is 1. The number of fused-ring (bicyclic) bond motifs is 1. The van der Waals surface area contributed by atoms with Gasteiger partial charge in [-0.05, 0) is 44.2 Å². The molecule has 96 valence electrons. The number of ether oxygens (including phenoxy) is 3. The Balaban J connectivity index is 2.00. The molecule has 3 rings (SSSR count). The number of hydrogen-bond acceptors (Lipinski definition) is 4. The summed E-state index contributed by atoms with van der Waals surface area (Å²) in [5.74, 6) is 1.94. The molecule has 0 amide bonds. The monoisotopic (exact) mass is 268 g/mol. The zero-order valence-corrected chi connectivity index (χ0v) is 11.0. The summed E-state index contributed by atoms with van der Waals surface area (Å²) in [6.07, 6.45) is 0.303. The van der Waals surface area contributed by atoms with E-state index in [-0.39, 0.29) is 0 Å². The van der Waals surface area contributed by atoms with Crippen LogP contribution in [0.5, 0.6) is 0 Å². The molecule has 2 radical (unpaired) electrons. The van der Waals surface area contributed by atoms with Crippen molar-refractivity contribution in [1.82, 2.24) is 0 Å². The van der Waals surface area contributed by atoms with Gasteiger partial charge in [-0.1, -0.05) is 0 Å². The summed E-state index contributed by atoms with van der Waals surface area (Å²) in [6, 6.07) is -0.787. The van der Waals surface area contributed by atoms with Crippen LogP contribution in [0.1, 0.15) is 26.7 Å². The highest BCUT2D eigenvalue weighted by molar-refractivity contribution is 6.30. The van der Waals surface area contributed by atoms with Gasteiger partial charge in [0.05, 0.1) is 11.6 Å². The lowest BCUT2D eigenvalue weighted by Gasteiger charge is -2.26. The van der Waals surface area contributed by atoms with E-state index in [2.05, 4.69) is 11.3 Å². The van der Waals surface area contributed by atoms with Gasteiger partial charge in [0.2, 0.25) is 0 Å². The van der Waals surface area contributed by atoms with Crippen LogP contribution in [0, 0.1) is 11.3 Å². The predicted octanol–water partition coefficient (Wildman–Crippen LogP) is 0.495. The first-order valence-corrected chi connectivity index (χ1v) is 6.35. The first-order valence-electron chi connectivity index (χ1n) is 5.97. The van der Waals surface area contributed by atoms with Crippen molar-refractivity contribution in [2.75, 3.05) is 0 Å². The lowest BCUT2D eigenvalue weighted by molar-refractivity contribution is -0.197. The van der Waals surface area contributed by atoms with Crippen molar-refractivity contribution in [3.63, 3.8) is 0 Å². The smallest absolute Gasteiger partial charge is 0.179 e. The van der Waals surface area contributed by atoms with Crippen LogP contribution < -0.4 is 0 Å². The zero-order valence-electron chi connectivity index (χ0n) is 10.3. The molecule has 6 heteroatoms. The van der Waals surface area contributed by atoms with E-state index in [9.17, 15) is 5.11 Å². The van der Waals surface area contributed by atoms with Crippen LogP contribution >= 0.6 is 11.6 Å². The average molecular weight is 269 g/mol. The van der Waals surface area contributed by atoms with Crippen molar-refractivity contribution in [2.24, 2.45) is 0 Å². The Morgan fingerprint density at radius 2 is 2.00 bits per heavy atom. The van der Waals surface area contributed by atoms with Gasteiger partial charge in [-0.3, -0.25) is 0 Å². The van der Waals surface area contributed by atoms with E-state index in [0.29, 0.717) is 12.8 Å². The summed E-state index contributed by atoms with van der Waals surface area (Å²) in [5.41, 5.74) is -1.98. The Kier molecular flexibility index (Phi) is 2.59. The van der Waals surface area contributed by atoms with E-state index < -0.39 is 35.2 Å². The largest absolute Gasteiger partial charge is 0.387 e. The highest BCUT2D eigenvalue weighted by atomic mass is 35.5. The lowest BCUT2D eigenvalue weighted by atomic mass is 9.80. The van der Waals surface area contributed by atoms with E-state index in [1.54, 1.807) is 13.8 Å². The Hall–Kier alpha value is -0.245. The summed E-state index contributed by atoms with van der Waals surface area (Å²) < 4.78 is 17.3. The second-order valence-electron chi connectivity index (χ2n) is 5.63. The fraction of sp³-hybridized carbons (Fsp3) is 0.833. The minimum atomic E-state index is -1.10. The molecule has 0 aromatic carbocycles. The molecule has 2 aliphatic heterocycles. The molecule has 3 aliphatic rings. The van der Waals surface area contributed by atoms with Crippen molar-refractivity contribution < 1.29 is 19.3 Å².